The van der Waals surface area contributed by atoms with Crippen LogP contribution >= 0.6 is 0 Å². The first kappa shape index (κ1) is 26.9. The molecule has 2 aliphatic carbocycles. The quantitative estimate of drug-likeness (QED) is 0.247. The highest BCUT2D eigenvalue weighted by Crippen LogP contribution is 2.51. The van der Waals surface area contributed by atoms with Gasteiger partial charge in [0.05, 0.1) is 23.2 Å². The molecular formula is C32H27F2N3O6. The van der Waals surface area contributed by atoms with Gasteiger partial charge in [0.1, 0.15) is 30.2 Å². The van der Waals surface area contributed by atoms with Crippen molar-refractivity contribution in [2.24, 2.45) is 17.1 Å². The van der Waals surface area contributed by atoms with E-state index < -0.39 is 28.9 Å². The molecule has 1 aromatic heterocycles. The molecule has 11 heteroatoms. The Morgan fingerprint density at radius 1 is 0.930 bits per heavy atom. The number of pyridine rings is 1. The number of anilines is 2. The maximum Gasteiger partial charge on any atom is 0.247 e. The second-order valence-electron chi connectivity index (χ2n) is 11.0. The first-order chi connectivity index (χ1) is 20.8. The molecule has 2 fully saturated rings. The minimum atomic E-state index is -1.39. The Hall–Kier alpha value is -4.93. The van der Waals surface area contributed by atoms with E-state index in [-0.39, 0.29) is 35.7 Å². The van der Waals surface area contributed by atoms with E-state index in [4.69, 9.17) is 24.7 Å². The van der Waals surface area contributed by atoms with Crippen LogP contribution in [-0.2, 0) is 9.59 Å². The summed E-state index contributed by atoms with van der Waals surface area (Å²) in [4.78, 5) is 31.4. The van der Waals surface area contributed by atoms with Crippen molar-refractivity contribution in [3.63, 3.8) is 0 Å². The number of primary amides is 1. The molecular weight excluding hydrogens is 560 g/mol. The lowest BCUT2D eigenvalue weighted by atomic mass is 10.0. The fraction of sp³-hybridized carbons (Fsp3) is 0.281. The summed E-state index contributed by atoms with van der Waals surface area (Å²) in [6.07, 6.45) is 4.37. The van der Waals surface area contributed by atoms with Crippen molar-refractivity contribution >= 4 is 34.1 Å². The number of carbonyl (C=O) groups excluding carboxylic acids is 2. The topological polar surface area (TPSA) is 113 Å². The highest BCUT2D eigenvalue weighted by atomic mass is 19.1. The molecule has 0 bridgehead atoms. The van der Waals surface area contributed by atoms with Crippen LogP contribution in [0.2, 0.25) is 0 Å². The van der Waals surface area contributed by atoms with Gasteiger partial charge in [-0.05, 0) is 74.1 Å². The van der Waals surface area contributed by atoms with Crippen molar-refractivity contribution < 1.29 is 37.3 Å². The number of nitrogens with two attached hydrogens (primary N) is 1. The van der Waals surface area contributed by atoms with Crippen LogP contribution < -0.4 is 29.6 Å². The SMILES string of the molecule is NC(=O)C1(C(=O)N(c2ccc(F)cc2)c2ccc(Oc3ccnc4cc(OCC5CC5)c5c(c34)OCCO5)c(F)c2)CC1. The Morgan fingerprint density at radius 3 is 2.33 bits per heavy atom. The predicted molar refractivity (Wildman–Crippen MR) is 152 cm³/mol. The number of benzene rings is 3. The standard InChI is InChI=1S/C32H27F2N3O6/c33-19-3-5-20(6-4-19)37(31(39)32(10-11-32)30(35)38)21-7-8-24(22(34)15-21)43-25-9-12-36-23-16-26(42-17-18-1-2-18)28-29(27(23)25)41-14-13-40-28/h3-9,12,15-16,18H,1-2,10-11,13-14,17H2,(H2,35,38). The van der Waals surface area contributed by atoms with Crippen molar-refractivity contribution in [3.8, 4) is 28.7 Å². The molecule has 3 aromatic carbocycles. The summed E-state index contributed by atoms with van der Waals surface area (Å²) in [7, 11) is 0. The summed E-state index contributed by atoms with van der Waals surface area (Å²) >= 11 is 0. The molecule has 0 unspecified atom stereocenters. The number of aromatic nitrogens is 1. The van der Waals surface area contributed by atoms with Gasteiger partial charge in [0.25, 0.3) is 0 Å². The molecule has 3 aliphatic rings. The van der Waals surface area contributed by atoms with Crippen molar-refractivity contribution in [1.82, 2.24) is 4.98 Å². The summed E-state index contributed by atoms with van der Waals surface area (Å²) in [5.41, 5.74) is 5.08. The largest absolute Gasteiger partial charge is 0.489 e. The molecule has 2 heterocycles. The van der Waals surface area contributed by atoms with Gasteiger partial charge in [-0.1, -0.05) is 0 Å². The molecule has 7 rings (SSSR count). The lowest BCUT2D eigenvalue weighted by Crippen LogP contribution is -2.41. The summed E-state index contributed by atoms with van der Waals surface area (Å²) in [6, 6.07) is 12.4. The number of carbonyl (C=O) groups is 2. The average Bonchev–Trinajstić information content (AvgIpc) is 3.93. The number of halogens is 2. The fourth-order valence-corrected chi connectivity index (χ4v) is 5.17. The molecule has 2 saturated carbocycles. The molecule has 2 N–H and O–H groups in total. The number of fused-ring (bicyclic) bond motifs is 3. The van der Waals surface area contributed by atoms with Gasteiger partial charge in [0, 0.05) is 24.0 Å². The zero-order chi connectivity index (χ0) is 29.7. The van der Waals surface area contributed by atoms with Gasteiger partial charge in [0.2, 0.25) is 17.6 Å². The van der Waals surface area contributed by atoms with Gasteiger partial charge in [-0.3, -0.25) is 19.5 Å². The zero-order valence-electron chi connectivity index (χ0n) is 23.0. The van der Waals surface area contributed by atoms with E-state index in [9.17, 15) is 14.0 Å². The third kappa shape index (κ3) is 4.94. The van der Waals surface area contributed by atoms with E-state index in [0.717, 1.165) is 18.9 Å². The number of nitrogens with zero attached hydrogens (tertiary/aromatic N) is 2. The van der Waals surface area contributed by atoms with Gasteiger partial charge in [-0.15, -0.1) is 0 Å². The van der Waals surface area contributed by atoms with Gasteiger partial charge in [-0.25, -0.2) is 8.78 Å². The molecule has 0 atom stereocenters. The second kappa shape index (κ2) is 10.4. The minimum absolute atomic E-state index is 0.125. The zero-order valence-corrected chi connectivity index (χ0v) is 23.0. The van der Waals surface area contributed by atoms with E-state index in [1.807, 2.05) is 0 Å². The van der Waals surface area contributed by atoms with E-state index >= 15 is 4.39 Å². The smallest absolute Gasteiger partial charge is 0.247 e. The van der Waals surface area contributed by atoms with Crippen LogP contribution in [0.15, 0.2) is 60.8 Å². The van der Waals surface area contributed by atoms with Gasteiger partial charge in [-0.2, -0.15) is 0 Å². The molecule has 1 aliphatic heterocycles. The summed E-state index contributed by atoms with van der Waals surface area (Å²) in [6.45, 7) is 1.24. The number of amides is 2. The number of hydrogen-bond acceptors (Lipinski definition) is 7. The van der Waals surface area contributed by atoms with Crippen LogP contribution in [0.1, 0.15) is 25.7 Å². The van der Waals surface area contributed by atoms with Crippen molar-refractivity contribution in [2.45, 2.75) is 25.7 Å². The van der Waals surface area contributed by atoms with Crippen LogP contribution in [0.25, 0.3) is 10.9 Å². The fourth-order valence-electron chi connectivity index (χ4n) is 5.17. The van der Waals surface area contributed by atoms with E-state index in [1.165, 1.54) is 41.3 Å². The van der Waals surface area contributed by atoms with Crippen LogP contribution in [0, 0.1) is 23.0 Å². The number of hydrogen-bond donors (Lipinski definition) is 1. The molecule has 4 aromatic rings. The highest BCUT2D eigenvalue weighted by Gasteiger charge is 2.57. The number of rotatable bonds is 9. The Kier molecular flexibility index (Phi) is 6.52. The molecule has 220 valence electrons. The molecule has 43 heavy (non-hydrogen) atoms. The molecule has 9 nitrogen and oxygen atoms in total. The van der Waals surface area contributed by atoms with Gasteiger partial charge in [0.15, 0.2) is 23.1 Å². The average molecular weight is 588 g/mol. The Morgan fingerprint density at radius 2 is 1.65 bits per heavy atom. The summed E-state index contributed by atoms with van der Waals surface area (Å²) in [5, 5.41) is 0.500. The van der Waals surface area contributed by atoms with Crippen LogP contribution in [-0.4, -0.2) is 36.6 Å². The first-order valence-electron chi connectivity index (χ1n) is 14.1. The molecule has 0 saturated heterocycles. The Bertz CT molecular complexity index is 1750. The maximum atomic E-state index is 15.7. The second-order valence-corrected chi connectivity index (χ2v) is 11.0. The van der Waals surface area contributed by atoms with Crippen LogP contribution in [0.3, 0.4) is 0 Å². The lowest BCUT2D eigenvalue weighted by molar-refractivity contribution is -0.133. The normalized spacial score (nSPS) is 16.4. The first-order valence-corrected chi connectivity index (χ1v) is 14.1. The van der Waals surface area contributed by atoms with Crippen LogP contribution in [0.5, 0.6) is 28.7 Å². The van der Waals surface area contributed by atoms with Crippen molar-refractivity contribution in [2.75, 3.05) is 24.7 Å². The minimum Gasteiger partial charge on any atom is -0.489 e. The van der Waals surface area contributed by atoms with Crippen LogP contribution in [0.4, 0.5) is 20.2 Å². The third-order valence-corrected chi connectivity index (χ3v) is 7.93. The van der Waals surface area contributed by atoms with Gasteiger partial charge >= 0.3 is 0 Å². The van der Waals surface area contributed by atoms with E-state index in [1.54, 1.807) is 18.3 Å². The van der Waals surface area contributed by atoms with Gasteiger partial charge < -0.3 is 24.7 Å². The molecule has 0 spiro atoms. The lowest BCUT2D eigenvalue weighted by Gasteiger charge is -2.27. The van der Waals surface area contributed by atoms with E-state index in [0.29, 0.717) is 53.9 Å². The maximum absolute atomic E-state index is 15.7. The highest BCUT2D eigenvalue weighted by molar-refractivity contribution is 6.16. The summed E-state index contributed by atoms with van der Waals surface area (Å²) < 4.78 is 53.3. The molecule has 2 amide bonds. The Labute approximate surface area is 245 Å². The monoisotopic (exact) mass is 587 g/mol. The van der Waals surface area contributed by atoms with Crippen molar-refractivity contribution in [1.29, 1.82) is 0 Å². The molecule has 0 radical (unpaired) electrons. The summed E-state index contributed by atoms with van der Waals surface area (Å²) in [5.74, 6) is -0.579. The van der Waals surface area contributed by atoms with E-state index in [2.05, 4.69) is 4.98 Å². The third-order valence-electron chi connectivity index (χ3n) is 7.93. The number of ether oxygens (including phenoxy) is 4. The van der Waals surface area contributed by atoms with Crippen molar-refractivity contribution in [3.05, 3.63) is 72.4 Å². The predicted octanol–water partition coefficient (Wildman–Crippen LogP) is 5.80. The Balaban J connectivity index is 1.24.